The molecule has 0 saturated heterocycles. The minimum atomic E-state index is 0.264. The first-order valence-electron chi connectivity index (χ1n) is 6.45. The van der Waals surface area contributed by atoms with E-state index in [4.69, 9.17) is 11.6 Å². The molecule has 0 aliphatic carbocycles. The van der Waals surface area contributed by atoms with Gasteiger partial charge in [0.05, 0.1) is 12.3 Å². The maximum Gasteiger partial charge on any atom is 0.125 e. The number of aryl methyl sites for hydroxylation is 1. The quantitative estimate of drug-likeness (QED) is 0.878. The number of halogens is 1. The fourth-order valence-electron chi connectivity index (χ4n) is 2.33. The highest BCUT2D eigenvalue weighted by Crippen LogP contribution is 2.29. The van der Waals surface area contributed by atoms with Crippen molar-refractivity contribution in [2.24, 2.45) is 4.99 Å². The lowest BCUT2D eigenvalue weighted by Gasteiger charge is -2.04. The van der Waals surface area contributed by atoms with Gasteiger partial charge in [-0.25, -0.2) is 0 Å². The van der Waals surface area contributed by atoms with E-state index in [0.29, 0.717) is 6.54 Å². The first kappa shape index (κ1) is 12.9. The maximum atomic E-state index is 10.0. The van der Waals surface area contributed by atoms with Crippen molar-refractivity contribution in [3.63, 3.8) is 0 Å². The molecule has 0 saturated carbocycles. The van der Waals surface area contributed by atoms with Crippen LogP contribution in [0.4, 0.5) is 0 Å². The fourth-order valence-corrected chi connectivity index (χ4v) is 2.59. The van der Waals surface area contributed by atoms with Gasteiger partial charge >= 0.3 is 0 Å². The van der Waals surface area contributed by atoms with Crippen LogP contribution in [0, 0.1) is 6.92 Å². The molecule has 100 valence electrons. The van der Waals surface area contributed by atoms with E-state index in [9.17, 15) is 5.11 Å². The minimum absolute atomic E-state index is 0.264. The summed E-state index contributed by atoms with van der Waals surface area (Å²) in [5.74, 6) is 0.264. The van der Waals surface area contributed by atoms with Crippen LogP contribution in [0.2, 0.25) is 5.02 Å². The standard InChI is InChI=1S/C17H14ClNO/c1-11-6-7-14(17(20)8-11)16-9-12(10-19-16)13-4-2-3-5-15(13)18/h2-9,20H,10H2,1H3. The molecule has 0 spiro atoms. The SMILES string of the molecule is Cc1ccc(C2=NCC(c3ccccc3Cl)=C2)c(O)c1. The predicted molar refractivity (Wildman–Crippen MR) is 83.7 cm³/mol. The zero-order valence-electron chi connectivity index (χ0n) is 11.1. The zero-order chi connectivity index (χ0) is 14.1. The summed E-state index contributed by atoms with van der Waals surface area (Å²) in [6.45, 7) is 2.54. The van der Waals surface area contributed by atoms with Crippen molar-refractivity contribution in [2.75, 3.05) is 6.54 Å². The van der Waals surface area contributed by atoms with E-state index in [2.05, 4.69) is 4.99 Å². The molecule has 1 aliphatic rings. The van der Waals surface area contributed by atoms with Crippen molar-refractivity contribution in [1.29, 1.82) is 0 Å². The zero-order valence-corrected chi connectivity index (χ0v) is 11.9. The Morgan fingerprint density at radius 1 is 1.10 bits per heavy atom. The van der Waals surface area contributed by atoms with Crippen LogP contribution in [0.15, 0.2) is 53.5 Å². The van der Waals surface area contributed by atoms with Crippen LogP contribution in [0.5, 0.6) is 5.75 Å². The van der Waals surface area contributed by atoms with Gasteiger partial charge in [0.2, 0.25) is 0 Å². The lowest BCUT2D eigenvalue weighted by Crippen LogP contribution is -1.95. The number of benzene rings is 2. The number of allylic oxidation sites excluding steroid dienone is 1. The summed E-state index contributed by atoms with van der Waals surface area (Å²) < 4.78 is 0. The molecule has 0 unspecified atom stereocenters. The molecule has 0 radical (unpaired) electrons. The lowest BCUT2D eigenvalue weighted by molar-refractivity contribution is 0.474. The van der Waals surface area contributed by atoms with Gasteiger partial charge in [-0.15, -0.1) is 0 Å². The molecule has 2 aromatic rings. The van der Waals surface area contributed by atoms with Gasteiger partial charge in [-0.1, -0.05) is 35.9 Å². The molecule has 3 rings (SSSR count). The first-order chi connectivity index (χ1) is 9.65. The van der Waals surface area contributed by atoms with E-state index < -0.39 is 0 Å². The molecule has 1 heterocycles. The predicted octanol–water partition coefficient (Wildman–Crippen LogP) is 4.24. The van der Waals surface area contributed by atoms with Crippen molar-refractivity contribution >= 4 is 22.9 Å². The molecule has 1 aliphatic heterocycles. The van der Waals surface area contributed by atoms with Crippen LogP contribution in [0.1, 0.15) is 16.7 Å². The Balaban J connectivity index is 1.97. The van der Waals surface area contributed by atoms with E-state index >= 15 is 0 Å². The second-order valence-corrected chi connectivity index (χ2v) is 5.28. The van der Waals surface area contributed by atoms with Gasteiger partial charge in [0.15, 0.2) is 0 Å². The molecule has 0 bridgehead atoms. The van der Waals surface area contributed by atoms with Crippen molar-refractivity contribution < 1.29 is 5.11 Å². The molecule has 0 fully saturated rings. The number of hydrogen-bond donors (Lipinski definition) is 1. The molecule has 2 aromatic carbocycles. The topological polar surface area (TPSA) is 32.6 Å². The third-order valence-electron chi connectivity index (χ3n) is 3.38. The number of aliphatic imine (C=N–C) groups is 1. The van der Waals surface area contributed by atoms with Gasteiger partial charge in [0.25, 0.3) is 0 Å². The van der Waals surface area contributed by atoms with Gasteiger partial charge in [0, 0.05) is 10.6 Å². The Bertz CT molecular complexity index is 732. The number of rotatable bonds is 2. The van der Waals surface area contributed by atoms with Crippen molar-refractivity contribution in [3.8, 4) is 5.75 Å². The average molecular weight is 284 g/mol. The summed E-state index contributed by atoms with van der Waals surface area (Å²) in [4.78, 5) is 4.50. The second-order valence-electron chi connectivity index (χ2n) is 4.87. The van der Waals surface area contributed by atoms with Gasteiger partial charge < -0.3 is 5.11 Å². The van der Waals surface area contributed by atoms with Crippen molar-refractivity contribution in [1.82, 2.24) is 0 Å². The Morgan fingerprint density at radius 3 is 2.65 bits per heavy atom. The van der Waals surface area contributed by atoms with Crippen molar-refractivity contribution in [2.45, 2.75) is 6.92 Å². The van der Waals surface area contributed by atoms with Crippen LogP contribution in [0.25, 0.3) is 5.57 Å². The van der Waals surface area contributed by atoms with E-state index in [1.54, 1.807) is 6.07 Å². The Labute approximate surface area is 123 Å². The highest BCUT2D eigenvalue weighted by molar-refractivity contribution is 6.32. The van der Waals surface area contributed by atoms with Gasteiger partial charge in [-0.2, -0.15) is 0 Å². The van der Waals surface area contributed by atoms with Crippen LogP contribution in [0.3, 0.4) is 0 Å². The van der Waals surface area contributed by atoms with Gasteiger partial charge in [-0.3, -0.25) is 4.99 Å². The summed E-state index contributed by atoms with van der Waals surface area (Å²) >= 11 is 6.21. The van der Waals surface area contributed by atoms with E-state index in [-0.39, 0.29) is 5.75 Å². The molecule has 2 nitrogen and oxygen atoms in total. The smallest absolute Gasteiger partial charge is 0.125 e. The second kappa shape index (κ2) is 5.14. The molecular formula is C17H14ClNO. The highest BCUT2D eigenvalue weighted by atomic mass is 35.5. The molecule has 0 atom stereocenters. The monoisotopic (exact) mass is 283 g/mol. The Kier molecular flexibility index (Phi) is 3.33. The van der Waals surface area contributed by atoms with Crippen LogP contribution >= 0.6 is 11.6 Å². The van der Waals surface area contributed by atoms with Crippen LogP contribution in [-0.4, -0.2) is 17.4 Å². The van der Waals surface area contributed by atoms with E-state index in [1.807, 2.05) is 49.4 Å². The summed E-state index contributed by atoms with van der Waals surface area (Å²) in [5.41, 5.74) is 4.67. The fraction of sp³-hybridized carbons (Fsp3) is 0.118. The summed E-state index contributed by atoms with van der Waals surface area (Å²) in [7, 11) is 0. The van der Waals surface area contributed by atoms with E-state index in [1.165, 1.54) is 0 Å². The summed E-state index contributed by atoms with van der Waals surface area (Å²) in [5, 5.41) is 10.8. The Hall–Kier alpha value is -2.06. The minimum Gasteiger partial charge on any atom is -0.507 e. The van der Waals surface area contributed by atoms with Crippen molar-refractivity contribution in [3.05, 3.63) is 70.3 Å². The molecule has 0 aromatic heterocycles. The highest BCUT2D eigenvalue weighted by Gasteiger charge is 2.16. The van der Waals surface area contributed by atoms with Gasteiger partial charge in [0.1, 0.15) is 5.75 Å². The van der Waals surface area contributed by atoms with Crippen LogP contribution < -0.4 is 0 Å². The number of nitrogens with zero attached hydrogens (tertiary/aromatic N) is 1. The number of aromatic hydroxyl groups is 1. The molecule has 3 heteroatoms. The largest absolute Gasteiger partial charge is 0.507 e. The third-order valence-corrected chi connectivity index (χ3v) is 3.71. The van der Waals surface area contributed by atoms with Crippen LogP contribution in [-0.2, 0) is 0 Å². The van der Waals surface area contributed by atoms with Gasteiger partial charge in [-0.05, 0) is 47.9 Å². The number of phenols is 1. The summed E-state index contributed by atoms with van der Waals surface area (Å²) in [6, 6.07) is 13.4. The number of hydrogen-bond acceptors (Lipinski definition) is 2. The molecular weight excluding hydrogens is 270 g/mol. The summed E-state index contributed by atoms with van der Waals surface area (Å²) in [6.07, 6.45) is 1.99. The first-order valence-corrected chi connectivity index (χ1v) is 6.83. The third kappa shape index (κ3) is 2.35. The molecule has 1 N–H and O–H groups in total. The molecule has 20 heavy (non-hydrogen) atoms. The average Bonchev–Trinajstić information content (AvgIpc) is 2.88. The Morgan fingerprint density at radius 2 is 1.90 bits per heavy atom. The lowest BCUT2D eigenvalue weighted by atomic mass is 10.0. The number of phenolic OH excluding ortho intramolecular Hbond substituents is 1. The van der Waals surface area contributed by atoms with E-state index in [0.717, 1.165) is 33.0 Å². The maximum absolute atomic E-state index is 10.0. The molecule has 0 amide bonds. The normalized spacial score (nSPS) is 14.1.